The molecule has 2 rings (SSSR count). The smallest absolute Gasteiger partial charge is 0.237 e. The number of imidazole rings is 1. The van der Waals surface area contributed by atoms with Crippen LogP contribution in [-0.4, -0.2) is 37.8 Å². The lowest BCUT2D eigenvalue weighted by molar-refractivity contribution is 0.395. The van der Waals surface area contributed by atoms with E-state index in [0.717, 1.165) is 10.2 Å². The summed E-state index contributed by atoms with van der Waals surface area (Å²) in [5.74, 6) is 1.43. The van der Waals surface area contributed by atoms with Crippen molar-refractivity contribution in [1.82, 2.24) is 8.96 Å². The van der Waals surface area contributed by atoms with Gasteiger partial charge in [0, 0.05) is 18.5 Å². The normalized spacial score (nSPS) is 11.3. The molecular formula is C12H14N2O4S. The summed E-state index contributed by atoms with van der Waals surface area (Å²) in [7, 11) is -0.358. The van der Waals surface area contributed by atoms with Gasteiger partial charge in [-0.25, -0.2) is 17.4 Å². The number of methoxy groups -OCH3 is 2. The topological polar surface area (TPSA) is 70.4 Å². The molecule has 102 valence electrons. The second-order valence-electron chi connectivity index (χ2n) is 3.88. The minimum atomic E-state index is -3.41. The minimum absolute atomic E-state index is 0.307. The quantitative estimate of drug-likeness (QED) is 0.847. The fourth-order valence-electron chi connectivity index (χ4n) is 1.73. The molecule has 6 nitrogen and oxygen atoms in total. The zero-order valence-corrected chi connectivity index (χ0v) is 11.6. The average Bonchev–Trinajstić information content (AvgIpc) is 2.86. The largest absolute Gasteiger partial charge is 0.497 e. The average molecular weight is 282 g/mol. The molecule has 0 amide bonds. The van der Waals surface area contributed by atoms with Crippen molar-refractivity contribution in [3.8, 4) is 22.9 Å². The molecule has 0 spiro atoms. The lowest BCUT2D eigenvalue weighted by Crippen LogP contribution is -2.10. The Morgan fingerprint density at radius 2 is 1.95 bits per heavy atom. The van der Waals surface area contributed by atoms with Gasteiger partial charge in [0.2, 0.25) is 10.0 Å². The van der Waals surface area contributed by atoms with Crippen molar-refractivity contribution in [2.45, 2.75) is 0 Å². The number of nitrogens with zero attached hydrogens (tertiary/aromatic N) is 2. The van der Waals surface area contributed by atoms with Gasteiger partial charge in [-0.05, 0) is 12.1 Å². The fraction of sp³-hybridized carbons (Fsp3) is 0.250. The molecule has 0 saturated heterocycles. The van der Waals surface area contributed by atoms with E-state index in [2.05, 4.69) is 4.98 Å². The summed E-state index contributed by atoms with van der Waals surface area (Å²) in [5, 5.41) is 0. The third-order valence-corrected chi connectivity index (χ3v) is 3.62. The molecule has 0 aliphatic rings. The van der Waals surface area contributed by atoms with E-state index in [9.17, 15) is 8.42 Å². The molecule has 0 N–H and O–H groups in total. The van der Waals surface area contributed by atoms with Crippen LogP contribution >= 0.6 is 0 Å². The van der Waals surface area contributed by atoms with Gasteiger partial charge in [0.25, 0.3) is 0 Å². The van der Waals surface area contributed by atoms with Crippen molar-refractivity contribution in [1.29, 1.82) is 0 Å². The van der Waals surface area contributed by atoms with Crippen LogP contribution in [0.25, 0.3) is 11.4 Å². The molecule has 0 aliphatic carbocycles. The van der Waals surface area contributed by atoms with Gasteiger partial charge in [-0.2, -0.15) is 0 Å². The lowest BCUT2D eigenvalue weighted by Gasteiger charge is -2.11. The molecule has 0 bridgehead atoms. The maximum atomic E-state index is 11.7. The SMILES string of the molecule is COc1ccc(-c2nccn2S(C)(=O)=O)c(OC)c1. The Morgan fingerprint density at radius 3 is 2.53 bits per heavy atom. The zero-order chi connectivity index (χ0) is 14.0. The maximum Gasteiger partial charge on any atom is 0.237 e. The Kier molecular flexibility index (Phi) is 3.48. The first-order valence-corrected chi connectivity index (χ1v) is 7.28. The van der Waals surface area contributed by atoms with Crippen molar-refractivity contribution in [2.75, 3.05) is 20.5 Å². The summed E-state index contributed by atoms with van der Waals surface area (Å²) in [6.07, 6.45) is 3.95. The summed E-state index contributed by atoms with van der Waals surface area (Å²) < 4.78 is 34.8. The summed E-state index contributed by atoms with van der Waals surface area (Å²) in [4.78, 5) is 4.08. The van der Waals surface area contributed by atoms with E-state index in [-0.39, 0.29) is 0 Å². The van der Waals surface area contributed by atoms with Gasteiger partial charge >= 0.3 is 0 Å². The van der Waals surface area contributed by atoms with Gasteiger partial charge in [0.1, 0.15) is 11.5 Å². The first-order valence-electron chi connectivity index (χ1n) is 5.43. The lowest BCUT2D eigenvalue weighted by atomic mass is 10.2. The Labute approximate surface area is 111 Å². The zero-order valence-electron chi connectivity index (χ0n) is 10.8. The molecule has 0 saturated carbocycles. The molecule has 0 aliphatic heterocycles. The summed E-state index contributed by atoms with van der Waals surface area (Å²) >= 11 is 0. The molecule has 1 aromatic heterocycles. The molecule has 1 heterocycles. The molecule has 0 unspecified atom stereocenters. The number of benzene rings is 1. The number of hydrogen-bond acceptors (Lipinski definition) is 5. The molecule has 2 aromatic rings. The van der Waals surface area contributed by atoms with Crippen molar-refractivity contribution in [2.24, 2.45) is 0 Å². The summed E-state index contributed by atoms with van der Waals surface area (Å²) in [6, 6.07) is 5.11. The monoisotopic (exact) mass is 282 g/mol. The Bertz CT molecular complexity index is 692. The van der Waals surface area contributed by atoms with Crippen LogP contribution in [0.4, 0.5) is 0 Å². The van der Waals surface area contributed by atoms with Crippen molar-refractivity contribution < 1.29 is 17.9 Å². The summed E-state index contributed by atoms with van der Waals surface area (Å²) in [5.41, 5.74) is 0.582. The summed E-state index contributed by atoms with van der Waals surface area (Å²) in [6.45, 7) is 0. The van der Waals surface area contributed by atoms with E-state index >= 15 is 0 Å². The van der Waals surface area contributed by atoms with Crippen LogP contribution in [-0.2, 0) is 10.0 Å². The van der Waals surface area contributed by atoms with Gasteiger partial charge in [0.05, 0.1) is 26.0 Å². The highest BCUT2D eigenvalue weighted by Crippen LogP contribution is 2.32. The van der Waals surface area contributed by atoms with Gasteiger partial charge in [-0.1, -0.05) is 0 Å². The van der Waals surface area contributed by atoms with E-state index in [4.69, 9.17) is 9.47 Å². The standard InChI is InChI=1S/C12H14N2O4S/c1-17-9-4-5-10(11(8-9)18-2)12-13-6-7-14(12)19(3,15)16/h4-8H,1-3H3. The molecule has 1 aromatic carbocycles. The molecule has 19 heavy (non-hydrogen) atoms. The van der Waals surface area contributed by atoms with Gasteiger partial charge in [-0.3, -0.25) is 0 Å². The highest BCUT2D eigenvalue weighted by atomic mass is 32.2. The molecule has 7 heteroatoms. The van der Waals surface area contributed by atoms with Crippen LogP contribution in [0, 0.1) is 0 Å². The predicted molar refractivity (Wildman–Crippen MR) is 71.0 cm³/mol. The second-order valence-corrected chi connectivity index (χ2v) is 5.74. The van der Waals surface area contributed by atoms with E-state index in [0.29, 0.717) is 22.9 Å². The highest BCUT2D eigenvalue weighted by molar-refractivity contribution is 7.89. The first kappa shape index (κ1) is 13.4. The Balaban J connectivity index is 2.63. The highest BCUT2D eigenvalue weighted by Gasteiger charge is 2.17. The van der Waals surface area contributed by atoms with Crippen LogP contribution in [0.2, 0.25) is 0 Å². The Hall–Kier alpha value is -2.02. The van der Waals surface area contributed by atoms with Crippen LogP contribution < -0.4 is 9.47 Å². The van der Waals surface area contributed by atoms with Crippen LogP contribution in [0.3, 0.4) is 0 Å². The number of aromatic nitrogens is 2. The Morgan fingerprint density at radius 1 is 1.21 bits per heavy atom. The van der Waals surface area contributed by atoms with Crippen LogP contribution in [0.1, 0.15) is 0 Å². The fourth-order valence-corrected chi connectivity index (χ4v) is 2.47. The third kappa shape index (κ3) is 2.55. The molecule has 0 fully saturated rings. The number of rotatable bonds is 4. The van der Waals surface area contributed by atoms with Gasteiger partial charge in [0.15, 0.2) is 5.82 Å². The molecule has 0 atom stereocenters. The van der Waals surface area contributed by atoms with Crippen molar-refractivity contribution in [3.63, 3.8) is 0 Å². The van der Waals surface area contributed by atoms with E-state index < -0.39 is 10.0 Å². The first-order chi connectivity index (χ1) is 8.97. The predicted octanol–water partition coefficient (Wildman–Crippen LogP) is 1.37. The number of hydrogen-bond donors (Lipinski definition) is 0. The van der Waals surface area contributed by atoms with Crippen molar-refractivity contribution in [3.05, 3.63) is 30.6 Å². The second kappa shape index (κ2) is 4.93. The third-order valence-electron chi connectivity index (χ3n) is 2.61. The molecule has 0 radical (unpaired) electrons. The van der Waals surface area contributed by atoms with E-state index in [1.807, 2.05) is 0 Å². The van der Waals surface area contributed by atoms with E-state index in [1.165, 1.54) is 19.5 Å². The van der Waals surface area contributed by atoms with Gasteiger partial charge < -0.3 is 9.47 Å². The van der Waals surface area contributed by atoms with Crippen LogP contribution in [0.5, 0.6) is 11.5 Å². The van der Waals surface area contributed by atoms with Crippen LogP contribution in [0.15, 0.2) is 30.6 Å². The molecular weight excluding hydrogens is 268 g/mol. The maximum absolute atomic E-state index is 11.7. The van der Waals surface area contributed by atoms with E-state index in [1.54, 1.807) is 25.3 Å². The van der Waals surface area contributed by atoms with Gasteiger partial charge in [-0.15, -0.1) is 0 Å². The van der Waals surface area contributed by atoms with Crippen molar-refractivity contribution >= 4 is 10.0 Å². The number of ether oxygens (including phenoxy) is 2. The minimum Gasteiger partial charge on any atom is -0.497 e.